The fraction of sp³-hybridized carbons (Fsp3) is 0.0769. The van der Waals surface area contributed by atoms with E-state index >= 15 is 0 Å². The number of nitrogens with two attached hydrogens (primary N) is 1. The summed E-state index contributed by atoms with van der Waals surface area (Å²) in [5, 5.41) is 1.68. The summed E-state index contributed by atoms with van der Waals surface area (Å²) in [6.07, 6.45) is 3.41. The Kier molecular flexibility index (Phi) is 2.68. The van der Waals surface area contributed by atoms with Crippen LogP contribution in [-0.4, -0.2) is 9.97 Å². The lowest BCUT2D eigenvalue weighted by molar-refractivity contribution is 0.454. The number of nitrogens with zero attached hydrogens (tertiary/aromatic N) is 2. The molecule has 0 spiro atoms. The van der Waals surface area contributed by atoms with Crippen molar-refractivity contribution in [1.29, 1.82) is 0 Å². The highest BCUT2D eigenvalue weighted by Crippen LogP contribution is 2.32. The van der Waals surface area contributed by atoms with Crippen molar-refractivity contribution in [3.05, 3.63) is 42.4 Å². The zero-order valence-electron chi connectivity index (χ0n) is 9.75. The zero-order valence-corrected chi connectivity index (χ0v) is 10.6. The van der Waals surface area contributed by atoms with Crippen LogP contribution in [0.15, 0.2) is 51.3 Å². The van der Waals surface area contributed by atoms with Crippen molar-refractivity contribution in [1.82, 2.24) is 9.97 Å². The molecule has 0 saturated heterocycles. The number of hydrogen-bond acceptors (Lipinski definition) is 5. The number of hydrogen-bond donors (Lipinski definition) is 1. The molecule has 2 aromatic heterocycles. The van der Waals surface area contributed by atoms with Gasteiger partial charge in [0.15, 0.2) is 0 Å². The molecule has 0 aliphatic heterocycles. The molecule has 0 aliphatic rings. The van der Waals surface area contributed by atoms with E-state index in [2.05, 4.69) is 9.97 Å². The van der Waals surface area contributed by atoms with Crippen LogP contribution < -0.4 is 5.73 Å². The molecule has 0 radical (unpaired) electrons. The number of oxazole rings is 1. The third-order valence-electron chi connectivity index (χ3n) is 2.52. The van der Waals surface area contributed by atoms with Gasteiger partial charge in [-0.3, -0.25) is 4.98 Å². The van der Waals surface area contributed by atoms with Gasteiger partial charge in [-0.25, -0.2) is 4.98 Å². The van der Waals surface area contributed by atoms with Gasteiger partial charge < -0.3 is 10.2 Å². The molecule has 3 rings (SSSR count). The van der Waals surface area contributed by atoms with E-state index in [9.17, 15) is 0 Å². The number of pyridine rings is 1. The Morgan fingerprint density at radius 2 is 2.17 bits per heavy atom. The smallest absolute Gasteiger partial charge is 0.260 e. The molecule has 3 aromatic rings. The molecule has 4 nitrogen and oxygen atoms in total. The van der Waals surface area contributed by atoms with Gasteiger partial charge in [0.2, 0.25) is 0 Å². The second-order valence-corrected chi connectivity index (χ2v) is 4.94. The minimum Gasteiger partial charge on any atom is -0.439 e. The second-order valence-electron chi connectivity index (χ2n) is 3.94. The summed E-state index contributed by atoms with van der Waals surface area (Å²) in [5.74, 6) is 0. The first-order valence-electron chi connectivity index (χ1n) is 5.46. The van der Waals surface area contributed by atoms with E-state index < -0.39 is 0 Å². The van der Waals surface area contributed by atoms with E-state index in [1.807, 2.05) is 31.2 Å². The number of anilines is 1. The Morgan fingerprint density at radius 1 is 1.28 bits per heavy atom. The van der Waals surface area contributed by atoms with Gasteiger partial charge in [0.25, 0.3) is 5.22 Å². The summed E-state index contributed by atoms with van der Waals surface area (Å²) in [7, 11) is 0. The summed E-state index contributed by atoms with van der Waals surface area (Å²) in [5.41, 5.74) is 8.22. The van der Waals surface area contributed by atoms with Crippen LogP contribution in [0.4, 0.5) is 5.69 Å². The quantitative estimate of drug-likeness (QED) is 0.714. The fourth-order valence-electron chi connectivity index (χ4n) is 1.70. The number of benzene rings is 1. The van der Waals surface area contributed by atoms with Gasteiger partial charge in [-0.15, -0.1) is 0 Å². The number of aromatic nitrogens is 2. The van der Waals surface area contributed by atoms with Crippen LogP contribution in [0.5, 0.6) is 0 Å². The lowest BCUT2D eigenvalue weighted by atomic mass is 10.2. The molecule has 2 N–H and O–H groups in total. The van der Waals surface area contributed by atoms with E-state index in [0.717, 1.165) is 21.5 Å². The third-order valence-corrected chi connectivity index (χ3v) is 3.46. The van der Waals surface area contributed by atoms with E-state index in [-0.39, 0.29) is 0 Å². The van der Waals surface area contributed by atoms with Crippen LogP contribution in [0.1, 0.15) is 5.69 Å². The maximum Gasteiger partial charge on any atom is 0.260 e. The molecule has 90 valence electrons. The molecule has 18 heavy (non-hydrogen) atoms. The van der Waals surface area contributed by atoms with Crippen molar-refractivity contribution in [2.24, 2.45) is 0 Å². The Hall–Kier alpha value is -2.01. The lowest BCUT2D eigenvalue weighted by Crippen LogP contribution is -1.87. The molecule has 0 fully saturated rings. The highest BCUT2D eigenvalue weighted by Gasteiger charge is 2.08. The van der Waals surface area contributed by atoms with Crippen LogP contribution in [0.3, 0.4) is 0 Å². The largest absolute Gasteiger partial charge is 0.439 e. The standard InChI is InChI=1S/C13H11N3OS/c1-8-7-17-13(16-8)18-12-4-5-15-11-6-9(14)2-3-10(11)12/h2-7H,14H2,1H3. The minimum atomic E-state index is 0.636. The Balaban J connectivity index is 2.06. The summed E-state index contributed by atoms with van der Waals surface area (Å²) in [4.78, 5) is 9.64. The van der Waals surface area contributed by atoms with Gasteiger partial charge in [-0.2, -0.15) is 0 Å². The first-order chi connectivity index (χ1) is 8.72. The van der Waals surface area contributed by atoms with Gasteiger partial charge in [0.05, 0.1) is 11.2 Å². The molecular weight excluding hydrogens is 246 g/mol. The molecule has 0 aliphatic carbocycles. The van der Waals surface area contributed by atoms with Crippen molar-refractivity contribution in [2.75, 3.05) is 5.73 Å². The van der Waals surface area contributed by atoms with Gasteiger partial charge in [-0.05, 0) is 43.0 Å². The van der Waals surface area contributed by atoms with Crippen molar-refractivity contribution >= 4 is 28.4 Å². The second kappa shape index (κ2) is 4.34. The average molecular weight is 257 g/mol. The van der Waals surface area contributed by atoms with Crippen molar-refractivity contribution < 1.29 is 4.42 Å². The van der Waals surface area contributed by atoms with Gasteiger partial charge in [0, 0.05) is 22.2 Å². The molecule has 1 aromatic carbocycles. The van der Waals surface area contributed by atoms with Gasteiger partial charge in [-0.1, -0.05) is 0 Å². The summed E-state index contributed by atoms with van der Waals surface area (Å²) < 4.78 is 5.35. The number of nitrogen functional groups attached to an aromatic ring is 1. The first-order valence-corrected chi connectivity index (χ1v) is 6.28. The van der Waals surface area contributed by atoms with Crippen LogP contribution in [0.25, 0.3) is 10.9 Å². The number of aryl methyl sites for hydroxylation is 1. The molecule has 0 atom stereocenters. The maximum atomic E-state index is 5.75. The third kappa shape index (κ3) is 2.04. The number of rotatable bonds is 2. The summed E-state index contributed by atoms with van der Waals surface area (Å²) >= 11 is 1.49. The average Bonchev–Trinajstić information content (AvgIpc) is 2.75. The molecule has 0 saturated carbocycles. The van der Waals surface area contributed by atoms with Crippen LogP contribution in [0.2, 0.25) is 0 Å². The first kappa shape index (κ1) is 11.1. The van der Waals surface area contributed by atoms with Crippen LogP contribution in [0, 0.1) is 6.92 Å². The van der Waals surface area contributed by atoms with Gasteiger partial charge >= 0.3 is 0 Å². The van der Waals surface area contributed by atoms with Crippen molar-refractivity contribution in [3.8, 4) is 0 Å². The van der Waals surface area contributed by atoms with E-state index in [0.29, 0.717) is 10.9 Å². The van der Waals surface area contributed by atoms with E-state index in [1.165, 1.54) is 11.8 Å². The predicted octanol–water partition coefficient (Wildman–Crippen LogP) is 3.26. The molecule has 0 amide bonds. The van der Waals surface area contributed by atoms with Gasteiger partial charge in [0.1, 0.15) is 6.26 Å². The van der Waals surface area contributed by atoms with E-state index in [1.54, 1.807) is 12.5 Å². The number of fused-ring (bicyclic) bond motifs is 1. The van der Waals surface area contributed by atoms with E-state index in [4.69, 9.17) is 10.2 Å². The summed E-state index contributed by atoms with van der Waals surface area (Å²) in [6.45, 7) is 1.90. The monoisotopic (exact) mass is 257 g/mol. The SMILES string of the molecule is Cc1coc(Sc2ccnc3cc(N)ccc23)n1. The summed E-state index contributed by atoms with van der Waals surface area (Å²) in [6, 6.07) is 7.65. The van der Waals surface area contributed by atoms with Crippen LogP contribution >= 0.6 is 11.8 Å². The lowest BCUT2D eigenvalue weighted by Gasteiger charge is -2.03. The Labute approximate surface area is 108 Å². The topological polar surface area (TPSA) is 64.9 Å². The van der Waals surface area contributed by atoms with Crippen LogP contribution in [-0.2, 0) is 0 Å². The highest BCUT2D eigenvalue weighted by atomic mass is 32.2. The normalized spacial score (nSPS) is 10.9. The molecule has 2 heterocycles. The predicted molar refractivity (Wildman–Crippen MR) is 71.5 cm³/mol. The molecular formula is C13H11N3OS. The zero-order chi connectivity index (χ0) is 12.5. The maximum absolute atomic E-state index is 5.75. The highest BCUT2D eigenvalue weighted by molar-refractivity contribution is 7.99. The Morgan fingerprint density at radius 3 is 2.94 bits per heavy atom. The minimum absolute atomic E-state index is 0.636. The Bertz CT molecular complexity index is 708. The molecule has 0 unspecified atom stereocenters. The van der Waals surface area contributed by atoms with Crippen molar-refractivity contribution in [3.63, 3.8) is 0 Å². The fourth-order valence-corrected chi connectivity index (χ4v) is 2.59. The molecule has 0 bridgehead atoms. The van der Waals surface area contributed by atoms with Crippen molar-refractivity contribution in [2.45, 2.75) is 17.0 Å². The molecule has 5 heteroatoms.